The summed E-state index contributed by atoms with van der Waals surface area (Å²) >= 11 is 0. The van der Waals surface area contributed by atoms with Gasteiger partial charge in [0.2, 0.25) is 0 Å². The van der Waals surface area contributed by atoms with E-state index in [4.69, 9.17) is 19.9 Å². The smallest absolute Gasteiger partial charge is 0.164 e. The van der Waals surface area contributed by atoms with Crippen molar-refractivity contribution < 1.29 is 0 Å². The lowest BCUT2D eigenvalue weighted by Crippen LogP contribution is -2.00. The van der Waals surface area contributed by atoms with Crippen LogP contribution in [0.15, 0.2) is 212 Å². The Bertz CT molecular complexity index is 3200. The summed E-state index contributed by atoms with van der Waals surface area (Å²) in [7, 11) is 0. The third-order valence-corrected chi connectivity index (χ3v) is 11.0. The lowest BCUT2D eigenvalue weighted by Gasteiger charge is -2.12. The highest BCUT2D eigenvalue weighted by molar-refractivity contribution is 5.91. The van der Waals surface area contributed by atoms with Gasteiger partial charge in [0.25, 0.3) is 0 Å². The SMILES string of the molecule is c1ccc(-c2cc(-c3ccccc3)c3nc(-c4ccc(-c5nc(-c6ccc7ccccc7c6)nc(-c6ccc7ccccc7c6)n5)cc4)c(-c4ccccc4)n3c2)cc1. The molecular weight excluding hydrogens is 719 g/mol. The molecule has 0 aliphatic carbocycles. The maximum Gasteiger partial charge on any atom is 0.164 e. The predicted octanol–water partition coefficient (Wildman–Crippen LogP) is 13.5. The lowest BCUT2D eigenvalue weighted by molar-refractivity contribution is 1.08. The first-order valence-corrected chi connectivity index (χ1v) is 19.8. The van der Waals surface area contributed by atoms with Crippen molar-refractivity contribution in [1.82, 2.24) is 24.3 Å². The Morgan fingerprint density at radius 2 is 0.729 bits per heavy atom. The van der Waals surface area contributed by atoms with E-state index in [-0.39, 0.29) is 0 Å². The molecule has 0 fully saturated rings. The number of benzene rings is 8. The molecule has 0 atom stereocenters. The average molecular weight is 754 g/mol. The molecule has 8 aromatic carbocycles. The van der Waals surface area contributed by atoms with Gasteiger partial charge in [-0.1, -0.05) is 188 Å². The van der Waals surface area contributed by atoms with Gasteiger partial charge in [-0.3, -0.25) is 4.40 Å². The first-order chi connectivity index (χ1) is 29.2. The summed E-state index contributed by atoms with van der Waals surface area (Å²) in [5.41, 5.74) is 12.1. The maximum absolute atomic E-state index is 5.45. The van der Waals surface area contributed by atoms with Crippen molar-refractivity contribution in [2.45, 2.75) is 0 Å². The van der Waals surface area contributed by atoms with Crippen LogP contribution in [0.4, 0.5) is 0 Å². The number of nitrogens with zero attached hydrogens (tertiary/aromatic N) is 5. The molecule has 0 saturated heterocycles. The molecular formula is C54H35N5. The predicted molar refractivity (Wildman–Crippen MR) is 242 cm³/mol. The van der Waals surface area contributed by atoms with Gasteiger partial charge in [-0.15, -0.1) is 0 Å². The number of aromatic nitrogens is 5. The standard InChI is InChI=1S/C54H35N5/c1-4-14-36(15-5-1)47-34-48(39-18-6-2-7-19-39)54-55-49(50(59(54)35-47)41-20-8-3-9-21-41)40-26-28-42(29-27-40)51-56-52(45-30-24-37-16-10-12-22-43(37)32-45)58-53(57-51)46-31-25-38-17-11-13-23-44(38)33-46/h1-35H. The highest BCUT2D eigenvalue weighted by atomic mass is 15.0. The van der Waals surface area contributed by atoms with Gasteiger partial charge in [-0.05, 0) is 56.4 Å². The monoisotopic (exact) mass is 753 g/mol. The quantitative estimate of drug-likeness (QED) is 0.163. The topological polar surface area (TPSA) is 56.0 Å². The number of rotatable bonds is 7. The molecule has 3 aromatic heterocycles. The fraction of sp³-hybridized carbons (Fsp3) is 0. The van der Waals surface area contributed by atoms with E-state index in [9.17, 15) is 0 Å². The van der Waals surface area contributed by atoms with Crippen molar-refractivity contribution in [3.8, 4) is 78.9 Å². The van der Waals surface area contributed by atoms with Gasteiger partial charge in [0.1, 0.15) is 5.65 Å². The molecule has 0 bridgehead atoms. The molecule has 0 amide bonds. The molecule has 0 aliphatic rings. The van der Waals surface area contributed by atoms with Crippen molar-refractivity contribution in [3.05, 3.63) is 212 Å². The van der Waals surface area contributed by atoms with Gasteiger partial charge in [-0.25, -0.2) is 19.9 Å². The molecule has 276 valence electrons. The highest BCUT2D eigenvalue weighted by Gasteiger charge is 2.21. The van der Waals surface area contributed by atoms with Crippen LogP contribution in [0.25, 0.3) is 106 Å². The molecule has 0 radical (unpaired) electrons. The van der Waals surface area contributed by atoms with E-state index in [0.29, 0.717) is 17.5 Å². The van der Waals surface area contributed by atoms with Crippen LogP contribution in [0.3, 0.4) is 0 Å². The van der Waals surface area contributed by atoms with Gasteiger partial charge in [0, 0.05) is 39.6 Å². The van der Waals surface area contributed by atoms with Crippen LogP contribution in [-0.4, -0.2) is 24.3 Å². The summed E-state index contributed by atoms with van der Waals surface area (Å²) < 4.78 is 2.26. The Labute approximate surface area is 341 Å². The van der Waals surface area contributed by atoms with Crippen molar-refractivity contribution in [3.63, 3.8) is 0 Å². The zero-order chi connectivity index (χ0) is 39.1. The molecule has 59 heavy (non-hydrogen) atoms. The van der Waals surface area contributed by atoms with Crippen LogP contribution in [0.5, 0.6) is 0 Å². The molecule has 0 aliphatic heterocycles. The number of imidazole rings is 1. The minimum Gasteiger partial charge on any atom is -0.298 e. The molecule has 11 aromatic rings. The van der Waals surface area contributed by atoms with Gasteiger partial charge in [0.15, 0.2) is 17.5 Å². The number of pyridine rings is 1. The molecule has 3 heterocycles. The second-order valence-electron chi connectivity index (χ2n) is 14.8. The largest absolute Gasteiger partial charge is 0.298 e. The number of hydrogen-bond acceptors (Lipinski definition) is 4. The van der Waals surface area contributed by atoms with Crippen molar-refractivity contribution in [2.24, 2.45) is 0 Å². The molecule has 0 spiro atoms. The van der Waals surface area contributed by atoms with Crippen LogP contribution in [0.2, 0.25) is 0 Å². The van der Waals surface area contributed by atoms with Gasteiger partial charge in [0.05, 0.1) is 11.4 Å². The van der Waals surface area contributed by atoms with Crippen LogP contribution in [0.1, 0.15) is 0 Å². The molecule has 5 heteroatoms. The molecule has 5 nitrogen and oxygen atoms in total. The number of hydrogen-bond donors (Lipinski definition) is 0. The normalized spacial score (nSPS) is 11.4. The summed E-state index contributed by atoms with van der Waals surface area (Å²) in [6.07, 6.45) is 2.22. The second-order valence-corrected chi connectivity index (χ2v) is 14.8. The fourth-order valence-electron chi connectivity index (χ4n) is 8.03. The lowest BCUT2D eigenvalue weighted by atomic mass is 10.0. The van der Waals surface area contributed by atoms with E-state index in [1.165, 1.54) is 10.8 Å². The third-order valence-electron chi connectivity index (χ3n) is 11.0. The van der Waals surface area contributed by atoms with E-state index in [1.54, 1.807) is 0 Å². The Hall–Kier alpha value is -8.02. The Kier molecular flexibility index (Phi) is 8.41. The first kappa shape index (κ1) is 34.2. The molecule has 0 N–H and O–H groups in total. The van der Waals surface area contributed by atoms with Crippen LogP contribution >= 0.6 is 0 Å². The zero-order valence-corrected chi connectivity index (χ0v) is 31.9. The van der Waals surface area contributed by atoms with Crippen molar-refractivity contribution >= 4 is 27.2 Å². The minimum absolute atomic E-state index is 0.606. The van der Waals surface area contributed by atoms with Crippen molar-refractivity contribution in [2.75, 3.05) is 0 Å². The summed E-state index contributed by atoms with van der Waals surface area (Å²) in [6.45, 7) is 0. The first-order valence-electron chi connectivity index (χ1n) is 19.8. The van der Waals surface area contributed by atoms with Crippen LogP contribution in [-0.2, 0) is 0 Å². The summed E-state index contributed by atoms with van der Waals surface area (Å²) in [4.78, 5) is 20.8. The Morgan fingerprint density at radius 3 is 1.29 bits per heavy atom. The zero-order valence-electron chi connectivity index (χ0n) is 31.9. The average Bonchev–Trinajstić information content (AvgIpc) is 3.71. The van der Waals surface area contributed by atoms with E-state index < -0.39 is 0 Å². The van der Waals surface area contributed by atoms with E-state index >= 15 is 0 Å². The summed E-state index contributed by atoms with van der Waals surface area (Å²) in [5.74, 6) is 1.86. The second kappa shape index (κ2) is 14.5. The fourth-order valence-corrected chi connectivity index (χ4v) is 8.03. The van der Waals surface area contributed by atoms with Gasteiger partial charge >= 0.3 is 0 Å². The third kappa shape index (κ3) is 6.41. The maximum atomic E-state index is 5.45. The Balaban J connectivity index is 1.08. The summed E-state index contributed by atoms with van der Waals surface area (Å²) in [6, 6.07) is 71.8. The molecule has 0 unspecified atom stereocenters. The van der Waals surface area contributed by atoms with E-state index in [2.05, 4.69) is 217 Å². The van der Waals surface area contributed by atoms with Gasteiger partial charge < -0.3 is 0 Å². The van der Waals surface area contributed by atoms with Crippen molar-refractivity contribution in [1.29, 1.82) is 0 Å². The minimum atomic E-state index is 0.606. The van der Waals surface area contributed by atoms with Crippen LogP contribution < -0.4 is 0 Å². The van der Waals surface area contributed by atoms with E-state index in [1.807, 2.05) is 0 Å². The summed E-state index contributed by atoms with van der Waals surface area (Å²) in [5, 5.41) is 4.61. The highest BCUT2D eigenvalue weighted by Crippen LogP contribution is 2.39. The van der Waals surface area contributed by atoms with Crippen LogP contribution in [0, 0.1) is 0 Å². The van der Waals surface area contributed by atoms with Gasteiger partial charge in [-0.2, -0.15) is 0 Å². The van der Waals surface area contributed by atoms with E-state index in [0.717, 1.165) is 77.9 Å². The number of fused-ring (bicyclic) bond motifs is 3. The molecule has 11 rings (SSSR count). The molecule has 0 saturated carbocycles. The Morgan fingerprint density at radius 1 is 0.288 bits per heavy atom.